The summed E-state index contributed by atoms with van der Waals surface area (Å²) < 4.78 is 5.50. The molecule has 0 radical (unpaired) electrons. The molecule has 0 saturated carbocycles. The van der Waals surface area contributed by atoms with E-state index in [9.17, 15) is 4.79 Å². The average Bonchev–Trinajstić information content (AvgIpc) is 3.20. The molecule has 3 heterocycles. The van der Waals surface area contributed by atoms with E-state index < -0.39 is 5.60 Å². The van der Waals surface area contributed by atoms with E-state index in [-0.39, 0.29) is 17.6 Å². The normalized spacial score (nSPS) is 20.1. The summed E-state index contributed by atoms with van der Waals surface area (Å²) in [6.07, 6.45) is 0.662. The number of carbonyl (C=O) groups excluding carboxylic acids is 1. The van der Waals surface area contributed by atoms with Gasteiger partial charge in [-0.3, -0.25) is 4.99 Å². The molecule has 2 aliphatic rings. The van der Waals surface area contributed by atoms with Crippen LogP contribution in [0.4, 0.5) is 4.79 Å². The molecule has 1 amide bonds. The van der Waals surface area contributed by atoms with Crippen molar-refractivity contribution in [2.45, 2.75) is 65.0 Å². The van der Waals surface area contributed by atoms with E-state index in [0.717, 1.165) is 36.2 Å². The molecule has 1 aromatic heterocycles. The van der Waals surface area contributed by atoms with E-state index in [1.54, 1.807) is 16.2 Å². The number of carbonyl (C=O) groups is 1. The fraction of sp³-hybridized carbons (Fsp3) is 0.750. The predicted octanol–water partition coefficient (Wildman–Crippen LogP) is 2.86. The first kappa shape index (κ1) is 20.9. The number of ether oxygens (including phenoxy) is 1. The van der Waals surface area contributed by atoms with Crippen molar-refractivity contribution in [3.05, 3.63) is 16.1 Å². The van der Waals surface area contributed by atoms with Crippen LogP contribution < -0.4 is 5.32 Å². The van der Waals surface area contributed by atoms with Gasteiger partial charge in [-0.1, -0.05) is 20.8 Å². The highest BCUT2D eigenvalue weighted by atomic mass is 32.1. The SMILES string of the molecule is CC(C)(C)OC(=O)N1CCN2C(NCCc3nc(C(C)(C)C)cs3)=NCC2C1. The number of hydrogen-bond acceptors (Lipinski definition) is 7. The van der Waals surface area contributed by atoms with Crippen molar-refractivity contribution in [2.75, 3.05) is 32.7 Å². The van der Waals surface area contributed by atoms with Crippen molar-refractivity contribution >= 4 is 23.4 Å². The first-order valence-corrected chi connectivity index (χ1v) is 10.9. The second-order valence-corrected chi connectivity index (χ2v) is 10.4. The lowest BCUT2D eigenvalue weighted by molar-refractivity contribution is 0.0137. The Kier molecular flexibility index (Phi) is 5.89. The van der Waals surface area contributed by atoms with E-state index in [2.05, 4.69) is 41.4 Å². The third-order valence-electron chi connectivity index (χ3n) is 4.80. The van der Waals surface area contributed by atoms with Crippen molar-refractivity contribution in [1.29, 1.82) is 0 Å². The van der Waals surface area contributed by atoms with Crippen LogP contribution in [-0.2, 0) is 16.6 Å². The Morgan fingerprint density at radius 3 is 2.68 bits per heavy atom. The fourth-order valence-corrected chi connectivity index (χ4v) is 4.30. The van der Waals surface area contributed by atoms with Crippen LogP contribution in [0.15, 0.2) is 10.4 Å². The molecule has 1 atom stereocenters. The maximum Gasteiger partial charge on any atom is 0.410 e. The van der Waals surface area contributed by atoms with Gasteiger partial charge in [0.15, 0.2) is 5.96 Å². The van der Waals surface area contributed by atoms with Gasteiger partial charge < -0.3 is 19.9 Å². The molecule has 1 aromatic rings. The zero-order valence-corrected chi connectivity index (χ0v) is 18.7. The van der Waals surface area contributed by atoms with E-state index in [1.165, 1.54) is 0 Å². The lowest BCUT2D eigenvalue weighted by Crippen LogP contribution is -2.57. The van der Waals surface area contributed by atoms with Gasteiger partial charge in [0.1, 0.15) is 5.60 Å². The van der Waals surface area contributed by atoms with Crippen LogP contribution in [0.3, 0.4) is 0 Å². The molecule has 1 N–H and O–H groups in total. The monoisotopic (exact) mass is 407 g/mol. The number of guanidine groups is 1. The maximum atomic E-state index is 12.3. The number of amides is 1. The molecule has 7 nitrogen and oxygen atoms in total. The highest BCUT2D eigenvalue weighted by molar-refractivity contribution is 7.09. The molecule has 2 aliphatic heterocycles. The molecule has 0 spiro atoms. The van der Waals surface area contributed by atoms with E-state index in [4.69, 9.17) is 9.72 Å². The molecule has 1 unspecified atom stereocenters. The van der Waals surface area contributed by atoms with Gasteiger partial charge in [-0.15, -0.1) is 11.3 Å². The fourth-order valence-electron chi connectivity index (χ4n) is 3.27. The van der Waals surface area contributed by atoms with Crippen LogP contribution in [0.2, 0.25) is 0 Å². The molecule has 28 heavy (non-hydrogen) atoms. The molecule has 8 heteroatoms. The van der Waals surface area contributed by atoms with Gasteiger partial charge in [0.25, 0.3) is 0 Å². The second kappa shape index (κ2) is 7.89. The molecule has 0 bridgehead atoms. The maximum absolute atomic E-state index is 12.3. The first-order chi connectivity index (χ1) is 13.0. The molecular formula is C20H33N5O2S. The van der Waals surface area contributed by atoms with Gasteiger partial charge in [0.2, 0.25) is 0 Å². The molecule has 0 aromatic carbocycles. The van der Waals surface area contributed by atoms with Crippen molar-refractivity contribution in [3.63, 3.8) is 0 Å². The standard InChI is InChI=1S/C20H33N5O2S/c1-19(2,3)15-13-28-16(23-15)7-8-21-17-22-11-14-12-24(9-10-25(14)17)18(26)27-20(4,5)6/h13-14H,7-12H2,1-6H3,(H,21,22). The Morgan fingerprint density at radius 1 is 1.29 bits per heavy atom. The summed E-state index contributed by atoms with van der Waals surface area (Å²) in [4.78, 5) is 25.8. The first-order valence-electron chi connectivity index (χ1n) is 10.0. The molecule has 1 fully saturated rings. The summed E-state index contributed by atoms with van der Waals surface area (Å²) in [5.74, 6) is 0.946. The van der Waals surface area contributed by atoms with Crippen LogP contribution in [0.5, 0.6) is 0 Å². The summed E-state index contributed by atoms with van der Waals surface area (Å²) in [5.41, 5.74) is 0.790. The van der Waals surface area contributed by atoms with Gasteiger partial charge in [-0.25, -0.2) is 9.78 Å². The predicted molar refractivity (Wildman–Crippen MR) is 113 cm³/mol. The van der Waals surface area contributed by atoms with E-state index in [1.807, 2.05) is 20.8 Å². The van der Waals surface area contributed by atoms with E-state index >= 15 is 0 Å². The number of piperazine rings is 1. The number of aromatic nitrogens is 1. The quantitative estimate of drug-likeness (QED) is 0.834. The van der Waals surface area contributed by atoms with Crippen LogP contribution in [-0.4, -0.2) is 71.2 Å². The Morgan fingerprint density at radius 2 is 2.04 bits per heavy atom. The molecule has 0 aliphatic carbocycles. The van der Waals surface area contributed by atoms with Crippen LogP contribution in [0.1, 0.15) is 52.2 Å². The minimum Gasteiger partial charge on any atom is -0.444 e. The number of thiazole rings is 1. The minimum atomic E-state index is -0.463. The lowest BCUT2D eigenvalue weighted by Gasteiger charge is -2.39. The molecule has 3 rings (SSSR count). The summed E-state index contributed by atoms with van der Waals surface area (Å²) in [6.45, 7) is 15.9. The highest BCUT2D eigenvalue weighted by Gasteiger charge is 2.36. The van der Waals surface area contributed by atoms with Crippen molar-refractivity contribution in [2.24, 2.45) is 4.99 Å². The summed E-state index contributed by atoms with van der Waals surface area (Å²) in [6, 6.07) is 0.233. The van der Waals surface area contributed by atoms with E-state index in [0.29, 0.717) is 19.6 Å². The number of nitrogens with zero attached hydrogens (tertiary/aromatic N) is 4. The third kappa shape index (κ3) is 5.16. The average molecular weight is 408 g/mol. The lowest BCUT2D eigenvalue weighted by atomic mass is 9.93. The van der Waals surface area contributed by atoms with Crippen molar-refractivity contribution in [3.8, 4) is 0 Å². The Balaban J connectivity index is 1.46. The second-order valence-electron chi connectivity index (χ2n) is 9.49. The largest absolute Gasteiger partial charge is 0.444 e. The number of hydrogen-bond donors (Lipinski definition) is 1. The summed E-state index contributed by atoms with van der Waals surface area (Å²) in [5, 5.41) is 6.78. The van der Waals surface area contributed by atoms with Crippen LogP contribution in [0, 0.1) is 0 Å². The summed E-state index contributed by atoms with van der Waals surface area (Å²) in [7, 11) is 0. The molecular weight excluding hydrogens is 374 g/mol. The topological polar surface area (TPSA) is 70.1 Å². The number of fused-ring (bicyclic) bond motifs is 1. The number of nitrogens with one attached hydrogen (secondary N) is 1. The van der Waals surface area contributed by atoms with Crippen LogP contribution >= 0.6 is 11.3 Å². The van der Waals surface area contributed by atoms with Crippen LogP contribution in [0.25, 0.3) is 0 Å². The molecule has 1 saturated heterocycles. The van der Waals surface area contributed by atoms with Gasteiger partial charge >= 0.3 is 6.09 Å². The zero-order chi connectivity index (χ0) is 20.5. The Hall–Kier alpha value is -1.83. The Labute approximate surface area is 172 Å². The number of rotatable bonds is 3. The smallest absolute Gasteiger partial charge is 0.410 e. The number of aliphatic imine (C=N–C) groups is 1. The van der Waals surface area contributed by atoms with Gasteiger partial charge in [0, 0.05) is 43.4 Å². The van der Waals surface area contributed by atoms with Gasteiger partial charge in [-0.05, 0) is 20.8 Å². The minimum absolute atomic E-state index is 0.0960. The zero-order valence-electron chi connectivity index (χ0n) is 17.9. The summed E-state index contributed by atoms with van der Waals surface area (Å²) >= 11 is 1.73. The highest BCUT2D eigenvalue weighted by Crippen LogP contribution is 2.24. The molecule has 156 valence electrons. The van der Waals surface area contributed by atoms with Gasteiger partial charge in [0.05, 0.1) is 23.3 Å². The van der Waals surface area contributed by atoms with Gasteiger partial charge in [-0.2, -0.15) is 0 Å². The third-order valence-corrected chi connectivity index (χ3v) is 5.71. The van der Waals surface area contributed by atoms with Crippen molar-refractivity contribution < 1.29 is 9.53 Å². The van der Waals surface area contributed by atoms with Crippen molar-refractivity contribution in [1.82, 2.24) is 20.1 Å². The Bertz CT molecular complexity index is 732.